The lowest BCUT2D eigenvalue weighted by atomic mass is 10.4. The van der Waals surface area contributed by atoms with Gasteiger partial charge in [-0.2, -0.15) is 0 Å². The number of hydrogen-bond donors (Lipinski definition) is 1. The third kappa shape index (κ3) is 14.1. The fourth-order valence-corrected chi connectivity index (χ4v) is 0.842. The molecule has 0 saturated heterocycles. The number of nitrogens with one attached hydrogen (secondary N) is 1. The molecule has 1 N–H and O–H groups in total. The highest BCUT2D eigenvalue weighted by atomic mass is 16.2. The minimum Gasteiger partial charge on any atom is -0.347 e. The van der Waals surface area contributed by atoms with Crippen LogP contribution in [0.4, 0.5) is 0 Å². The van der Waals surface area contributed by atoms with Crippen LogP contribution in [0.2, 0.25) is 0 Å². The first-order chi connectivity index (χ1) is 9.07. The predicted octanol–water partition coefficient (Wildman–Crippen LogP) is 2.31. The lowest BCUT2D eigenvalue weighted by molar-refractivity contribution is -0.130. The molecule has 0 unspecified atom stereocenters. The summed E-state index contributed by atoms with van der Waals surface area (Å²) in [6.45, 7) is 5.84. The van der Waals surface area contributed by atoms with E-state index in [1.165, 1.54) is 4.90 Å². The van der Waals surface area contributed by atoms with Crippen molar-refractivity contribution in [2.24, 2.45) is 0 Å². The molecule has 0 spiro atoms. The maximum absolute atomic E-state index is 10.9. The second-order valence-electron chi connectivity index (χ2n) is 3.57. The molecule has 0 aliphatic rings. The van der Waals surface area contributed by atoms with E-state index in [2.05, 4.69) is 5.32 Å². The molecule has 4 heteroatoms. The van der Waals surface area contributed by atoms with Gasteiger partial charge in [0.05, 0.1) is 6.54 Å². The van der Waals surface area contributed by atoms with Gasteiger partial charge in [0.2, 0.25) is 11.8 Å². The molecule has 0 saturated carbocycles. The summed E-state index contributed by atoms with van der Waals surface area (Å²) in [6.07, 6.45) is 0.417. The normalized spacial score (nSPS) is 8.05. The standard InChI is InChI=1S/C7H14N2O2.C6H6.C2H6/c1-4-6(10)8-5-7(11)9(2)3;1-2-4-6-5-3-1;1-2/h4-5H2,1-3H3,(H,8,10);1-6H;1-2H3. The van der Waals surface area contributed by atoms with E-state index >= 15 is 0 Å². The first-order valence-corrected chi connectivity index (χ1v) is 6.54. The molecule has 0 heterocycles. The van der Waals surface area contributed by atoms with Gasteiger partial charge in [-0.05, 0) is 0 Å². The fraction of sp³-hybridized carbons (Fsp3) is 0.467. The SMILES string of the molecule is CC.CCC(=O)NCC(=O)N(C)C.c1ccccc1. The van der Waals surface area contributed by atoms with Crippen LogP contribution in [-0.2, 0) is 9.59 Å². The van der Waals surface area contributed by atoms with Gasteiger partial charge >= 0.3 is 0 Å². The van der Waals surface area contributed by atoms with Crippen molar-refractivity contribution in [3.63, 3.8) is 0 Å². The number of likely N-dealkylation sites (N-methyl/N-ethyl adjacent to an activating group) is 1. The van der Waals surface area contributed by atoms with E-state index in [-0.39, 0.29) is 18.4 Å². The molecule has 0 aliphatic carbocycles. The van der Waals surface area contributed by atoms with E-state index in [1.54, 1.807) is 21.0 Å². The van der Waals surface area contributed by atoms with E-state index in [9.17, 15) is 9.59 Å². The van der Waals surface area contributed by atoms with Crippen molar-refractivity contribution < 1.29 is 9.59 Å². The number of rotatable bonds is 3. The molecule has 0 atom stereocenters. The van der Waals surface area contributed by atoms with Gasteiger partial charge < -0.3 is 10.2 Å². The van der Waals surface area contributed by atoms with Crippen molar-refractivity contribution in [3.8, 4) is 0 Å². The largest absolute Gasteiger partial charge is 0.347 e. The van der Waals surface area contributed by atoms with Crippen LogP contribution in [0.3, 0.4) is 0 Å². The maximum atomic E-state index is 10.9. The highest BCUT2D eigenvalue weighted by Gasteiger charge is 2.04. The number of carbonyl (C=O) groups excluding carboxylic acids is 2. The third-order valence-electron chi connectivity index (χ3n) is 1.92. The molecule has 2 amide bonds. The Morgan fingerprint density at radius 1 is 0.947 bits per heavy atom. The van der Waals surface area contributed by atoms with Crippen LogP contribution in [0.25, 0.3) is 0 Å². The first-order valence-electron chi connectivity index (χ1n) is 6.54. The molecule has 0 bridgehead atoms. The van der Waals surface area contributed by atoms with Crippen molar-refractivity contribution in [1.29, 1.82) is 0 Å². The van der Waals surface area contributed by atoms with Crippen LogP contribution in [0.1, 0.15) is 27.2 Å². The van der Waals surface area contributed by atoms with Crippen LogP contribution < -0.4 is 5.32 Å². The molecule has 1 rings (SSSR count). The van der Waals surface area contributed by atoms with E-state index < -0.39 is 0 Å². The Morgan fingerprint density at radius 3 is 1.58 bits per heavy atom. The molecule has 108 valence electrons. The molecule has 0 aromatic heterocycles. The molecular weight excluding hydrogens is 240 g/mol. The average Bonchev–Trinajstić information content (AvgIpc) is 2.48. The van der Waals surface area contributed by atoms with Crippen LogP contribution in [0.15, 0.2) is 36.4 Å². The second-order valence-corrected chi connectivity index (χ2v) is 3.57. The monoisotopic (exact) mass is 266 g/mol. The number of carbonyl (C=O) groups is 2. The number of hydrogen-bond acceptors (Lipinski definition) is 2. The van der Waals surface area contributed by atoms with E-state index in [4.69, 9.17) is 0 Å². The summed E-state index contributed by atoms with van der Waals surface area (Å²) < 4.78 is 0. The average molecular weight is 266 g/mol. The summed E-state index contributed by atoms with van der Waals surface area (Å²) in [5, 5.41) is 2.48. The summed E-state index contributed by atoms with van der Waals surface area (Å²) in [5.74, 6) is -0.188. The van der Waals surface area contributed by atoms with Crippen molar-refractivity contribution in [2.45, 2.75) is 27.2 Å². The molecule has 1 aromatic carbocycles. The summed E-state index contributed by atoms with van der Waals surface area (Å²) >= 11 is 0. The van der Waals surface area contributed by atoms with Crippen molar-refractivity contribution in [1.82, 2.24) is 10.2 Å². The Kier molecular flexibility index (Phi) is 14.6. The van der Waals surface area contributed by atoms with Gasteiger partial charge in [-0.3, -0.25) is 9.59 Å². The highest BCUT2D eigenvalue weighted by Crippen LogP contribution is 1.80. The Morgan fingerprint density at radius 2 is 1.32 bits per heavy atom. The Hall–Kier alpha value is -1.84. The van der Waals surface area contributed by atoms with Crippen LogP contribution >= 0.6 is 0 Å². The zero-order valence-corrected chi connectivity index (χ0v) is 12.6. The summed E-state index contributed by atoms with van der Waals surface area (Å²) in [6, 6.07) is 12.0. The van der Waals surface area contributed by atoms with Gasteiger partial charge in [0.1, 0.15) is 0 Å². The minimum atomic E-state index is -0.0970. The third-order valence-corrected chi connectivity index (χ3v) is 1.92. The van der Waals surface area contributed by atoms with Crippen LogP contribution in [-0.4, -0.2) is 37.4 Å². The van der Waals surface area contributed by atoms with E-state index in [0.717, 1.165) is 0 Å². The first kappa shape index (κ1) is 19.5. The Bertz CT molecular complexity index is 297. The van der Waals surface area contributed by atoms with Gasteiger partial charge in [-0.25, -0.2) is 0 Å². The lowest BCUT2D eigenvalue weighted by Gasteiger charge is -2.09. The van der Waals surface area contributed by atoms with Crippen molar-refractivity contribution in [3.05, 3.63) is 36.4 Å². The zero-order chi connectivity index (χ0) is 15.1. The molecule has 0 fully saturated rings. The molecule has 1 aromatic rings. The van der Waals surface area contributed by atoms with Gasteiger partial charge in [0, 0.05) is 20.5 Å². The number of nitrogens with zero attached hydrogens (tertiary/aromatic N) is 1. The summed E-state index contributed by atoms with van der Waals surface area (Å²) in [4.78, 5) is 23.0. The molecule has 4 nitrogen and oxygen atoms in total. The Labute approximate surface area is 116 Å². The van der Waals surface area contributed by atoms with Crippen LogP contribution in [0, 0.1) is 0 Å². The smallest absolute Gasteiger partial charge is 0.241 e. The molecule has 19 heavy (non-hydrogen) atoms. The predicted molar refractivity (Wildman–Crippen MR) is 79.8 cm³/mol. The van der Waals surface area contributed by atoms with E-state index in [1.807, 2.05) is 50.2 Å². The fourth-order valence-electron chi connectivity index (χ4n) is 0.842. The number of amides is 2. The van der Waals surface area contributed by atoms with Gasteiger partial charge in [-0.1, -0.05) is 57.2 Å². The van der Waals surface area contributed by atoms with Gasteiger partial charge in [-0.15, -0.1) is 0 Å². The van der Waals surface area contributed by atoms with E-state index in [0.29, 0.717) is 6.42 Å². The molecular formula is C15H26N2O2. The maximum Gasteiger partial charge on any atom is 0.241 e. The van der Waals surface area contributed by atoms with Crippen molar-refractivity contribution >= 4 is 11.8 Å². The summed E-state index contributed by atoms with van der Waals surface area (Å²) in [5.41, 5.74) is 0. The zero-order valence-electron chi connectivity index (χ0n) is 12.6. The number of benzene rings is 1. The van der Waals surface area contributed by atoms with Gasteiger partial charge in [0.25, 0.3) is 0 Å². The molecule has 0 radical (unpaired) electrons. The minimum absolute atomic E-state index is 0.0909. The van der Waals surface area contributed by atoms with Crippen LogP contribution in [0.5, 0.6) is 0 Å². The molecule has 0 aliphatic heterocycles. The summed E-state index contributed by atoms with van der Waals surface area (Å²) in [7, 11) is 3.31. The topological polar surface area (TPSA) is 49.4 Å². The quantitative estimate of drug-likeness (QED) is 0.912. The van der Waals surface area contributed by atoms with Crippen molar-refractivity contribution in [2.75, 3.05) is 20.6 Å². The van der Waals surface area contributed by atoms with Gasteiger partial charge in [0.15, 0.2) is 0 Å². The highest BCUT2D eigenvalue weighted by molar-refractivity contribution is 5.84. The Balaban J connectivity index is 0. The second kappa shape index (κ2) is 14.2. The lowest BCUT2D eigenvalue weighted by Crippen LogP contribution is -2.35.